The molecule has 0 fully saturated rings. The van der Waals surface area contributed by atoms with Crippen molar-refractivity contribution in [3.63, 3.8) is 0 Å². The van der Waals surface area contributed by atoms with Crippen LogP contribution >= 0.6 is 11.8 Å². The Hall–Kier alpha value is -2.35. The van der Waals surface area contributed by atoms with Crippen molar-refractivity contribution in [1.29, 1.82) is 0 Å². The number of hydrogen-bond donors (Lipinski definition) is 0. The van der Waals surface area contributed by atoms with E-state index in [-0.39, 0.29) is 11.2 Å². The maximum absolute atomic E-state index is 11.0. The number of nitrogens with zero attached hydrogens (tertiary/aromatic N) is 4. The van der Waals surface area contributed by atoms with Gasteiger partial charge in [0.2, 0.25) is 0 Å². The molecule has 0 amide bonds. The van der Waals surface area contributed by atoms with E-state index >= 15 is 0 Å². The minimum atomic E-state index is -0.441. The third kappa shape index (κ3) is 2.49. The number of aromatic nitrogens is 3. The number of rotatable bonds is 4. The van der Waals surface area contributed by atoms with Crippen LogP contribution in [0.5, 0.6) is 0 Å². The van der Waals surface area contributed by atoms with Crippen LogP contribution in [0.4, 0.5) is 5.82 Å². The molecule has 7 nitrogen and oxygen atoms in total. The molecule has 1 atom stereocenters. The average Bonchev–Trinajstić information content (AvgIpc) is 3.01. The molecular weight excluding hydrogens is 292 g/mol. The molecule has 0 aliphatic rings. The lowest BCUT2D eigenvalue weighted by atomic mass is 10.3. The number of fused-ring (bicyclic) bond motifs is 1. The Morgan fingerprint density at radius 3 is 2.90 bits per heavy atom. The Kier molecular flexibility index (Phi) is 3.38. The summed E-state index contributed by atoms with van der Waals surface area (Å²) in [6.07, 6.45) is 1.26. The van der Waals surface area contributed by atoms with Gasteiger partial charge in [-0.2, -0.15) is 4.57 Å². The van der Waals surface area contributed by atoms with Crippen molar-refractivity contribution in [2.75, 3.05) is 0 Å². The van der Waals surface area contributed by atoms with Gasteiger partial charge in [0.25, 0.3) is 5.22 Å². The van der Waals surface area contributed by atoms with Crippen LogP contribution in [-0.2, 0) is 0 Å². The second-order valence-corrected chi connectivity index (χ2v) is 5.72. The number of imidazole rings is 1. The zero-order valence-electron chi connectivity index (χ0n) is 11.4. The molecule has 0 saturated heterocycles. The van der Waals surface area contributed by atoms with Gasteiger partial charge >= 0.3 is 5.82 Å². The Morgan fingerprint density at radius 2 is 2.19 bits per heavy atom. The highest BCUT2D eigenvalue weighted by molar-refractivity contribution is 7.99. The minimum absolute atomic E-state index is 0.0383. The van der Waals surface area contributed by atoms with Gasteiger partial charge in [-0.1, -0.05) is 12.1 Å². The molecule has 2 heterocycles. The standard InChI is InChI=1S/C13H12N4O3S/c1-8-14-7-12(17(18)19)16(8)9(2)21-13-15-10-5-3-4-6-11(10)20-13/h3-7,9H,1-2H3. The normalized spacial score (nSPS) is 12.7. The first-order chi connectivity index (χ1) is 10.1. The largest absolute Gasteiger partial charge is 0.431 e. The summed E-state index contributed by atoms with van der Waals surface area (Å²) < 4.78 is 7.18. The van der Waals surface area contributed by atoms with E-state index in [1.807, 2.05) is 31.2 Å². The van der Waals surface area contributed by atoms with Gasteiger partial charge in [0.05, 0.1) is 0 Å². The Morgan fingerprint density at radius 1 is 1.43 bits per heavy atom. The van der Waals surface area contributed by atoms with Gasteiger partial charge < -0.3 is 14.5 Å². The minimum Gasteiger partial charge on any atom is -0.431 e. The van der Waals surface area contributed by atoms with Crippen LogP contribution in [-0.4, -0.2) is 19.5 Å². The van der Waals surface area contributed by atoms with Gasteiger partial charge in [-0.15, -0.1) is 0 Å². The highest BCUT2D eigenvalue weighted by Gasteiger charge is 2.25. The molecule has 0 spiro atoms. The van der Waals surface area contributed by atoms with Crippen LogP contribution in [0.15, 0.2) is 40.1 Å². The number of nitro groups is 1. The molecule has 21 heavy (non-hydrogen) atoms. The smallest absolute Gasteiger partial charge is 0.343 e. The predicted octanol–water partition coefficient (Wildman–Crippen LogP) is 3.55. The Labute approximate surface area is 124 Å². The second-order valence-electron chi connectivity index (χ2n) is 4.46. The summed E-state index contributed by atoms with van der Waals surface area (Å²) in [7, 11) is 0. The second kappa shape index (κ2) is 5.21. The van der Waals surface area contributed by atoms with Crippen LogP contribution in [0.25, 0.3) is 11.1 Å². The summed E-state index contributed by atoms with van der Waals surface area (Å²) in [4.78, 5) is 18.9. The van der Waals surface area contributed by atoms with Gasteiger partial charge in [0.15, 0.2) is 16.8 Å². The highest BCUT2D eigenvalue weighted by Crippen LogP contribution is 2.35. The van der Waals surface area contributed by atoms with Crippen LogP contribution in [0.2, 0.25) is 0 Å². The van der Waals surface area contributed by atoms with E-state index < -0.39 is 4.92 Å². The molecule has 2 aromatic heterocycles. The van der Waals surface area contributed by atoms with Crippen LogP contribution in [0, 0.1) is 17.0 Å². The lowest BCUT2D eigenvalue weighted by molar-refractivity contribution is -0.392. The maximum Gasteiger partial charge on any atom is 0.343 e. The van der Waals surface area contributed by atoms with Crippen molar-refractivity contribution < 1.29 is 9.34 Å². The van der Waals surface area contributed by atoms with Crippen LogP contribution in [0.3, 0.4) is 0 Å². The summed E-state index contributed by atoms with van der Waals surface area (Å²) >= 11 is 1.31. The number of oxazole rings is 1. The summed E-state index contributed by atoms with van der Waals surface area (Å²) in [5, 5.41) is 11.3. The summed E-state index contributed by atoms with van der Waals surface area (Å²) in [6.45, 7) is 3.58. The van der Waals surface area contributed by atoms with Gasteiger partial charge in [-0.05, 0) is 35.7 Å². The van der Waals surface area contributed by atoms with Crippen molar-refractivity contribution >= 4 is 28.7 Å². The van der Waals surface area contributed by atoms with E-state index in [1.165, 1.54) is 18.0 Å². The molecular formula is C13H12N4O3S. The van der Waals surface area contributed by atoms with Crippen LogP contribution in [0.1, 0.15) is 18.1 Å². The van der Waals surface area contributed by atoms with Gasteiger partial charge in [0.1, 0.15) is 11.7 Å². The van der Waals surface area contributed by atoms with E-state index in [1.54, 1.807) is 11.5 Å². The molecule has 0 radical (unpaired) electrons. The van der Waals surface area contributed by atoms with Gasteiger partial charge in [-0.25, -0.2) is 9.97 Å². The van der Waals surface area contributed by atoms with Crippen molar-refractivity contribution in [3.05, 3.63) is 46.4 Å². The van der Waals surface area contributed by atoms with Crippen molar-refractivity contribution in [2.45, 2.75) is 24.4 Å². The molecule has 0 bridgehead atoms. The first kappa shape index (κ1) is 13.6. The summed E-state index contributed by atoms with van der Waals surface area (Å²) in [5.41, 5.74) is 1.47. The third-order valence-corrected chi connectivity index (χ3v) is 3.99. The lowest BCUT2D eigenvalue weighted by Crippen LogP contribution is -2.07. The molecule has 1 unspecified atom stereocenters. The third-order valence-electron chi connectivity index (χ3n) is 3.06. The molecule has 8 heteroatoms. The van der Waals surface area contributed by atoms with Crippen LogP contribution < -0.4 is 0 Å². The number of hydrogen-bond acceptors (Lipinski definition) is 6. The fourth-order valence-electron chi connectivity index (χ4n) is 2.13. The molecule has 0 aliphatic heterocycles. The van der Waals surface area contributed by atoms with Crippen molar-refractivity contribution in [3.8, 4) is 0 Å². The fourth-order valence-corrected chi connectivity index (χ4v) is 3.07. The first-order valence-corrected chi connectivity index (χ1v) is 7.14. The maximum atomic E-state index is 11.0. The van der Waals surface area contributed by atoms with E-state index in [4.69, 9.17) is 4.42 Å². The molecule has 108 valence electrons. The topological polar surface area (TPSA) is 87.0 Å². The van der Waals surface area contributed by atoms with E-state index in [9.17, 15) is 10.1 Å². The van der Waals surface area contributed by atoms with Crippen molar-refractivity contribution in [2.24, 2.45) is 0 Å². The van der Waals surface area contributed by atoms with E-state index in [2.05, 4.69) is 9.97 Å². The molecule has 0 N–H and O–H groups in total. The Bertz CT molecular complexity index is 778. The summed E-state index contributed by atoms with van der Waals surface area (Å²) in [6, 6.07) is 7.45. The average molecular weight is 304 g/mol. The monoisotopic (exact) mass is 304 g/mol. The SMILES string of the molecule is Cc1ncc([N+](=O)[O-])n1C(C)Sc1nc2ccccc2o1. The quantitative estimate of drug-likeness (QED) is 0.416. The fraction of sp³-hybridized carbons (Fsp3) is 0.231. The molecule has 0 aliphatic carbocycles. The Balaban J connectivity index is 1.91. The molecule has 3 aromatic rings. The number of aryl methyl sites for hydroxylation is 1. The number of benzene rings is 1. The molecule has 0 saturated carbocycles. The number of thioether (sulfide) groups is 1. The zero-order chi connectivity index (χ0) is 15.0. The van der Waals surface area contributed by atoms with Gasteiger partial charge in [-0.3, -0.25) is 0 Å². The predicted molar refractivity (Wildman–Crippen MR) is 78.2 cm³/mol. The van der Waals surface area contributed by atoms with Gasteiger partial charge in [0, 0.05) is 6.92 Å². The van der Waals surface area contributed by atoms with E-state index in [0.717, 1.165) is 5.52 Å². The molecule has 1 aromatic carbocycles. The highest BCUT2D eigenvalue weighted by atomic mass is 32.2. The first-order valence-electron chi connectivity index (χ1n) is 6.26. The number of para-hydroxylation sites is 2. The zero-order valence-corrected chi connectivity index (χ0v) is 12.2. The van der Waals surface area contributed by atoms with Crippen molar-refractivity contribution in [1.82, 2.24) is 14.5 Å². The summed E-state index contributed by atoms with van der Waals surface area (Å²) in [5.74, 6) is 0.543. The lowest BCUT2D eigenvalue weighted by Gasteiger charge is -2.08. The molecule has 3 rings (SSSR count). The van der Waals surface area contributed by atoms with E-state index in [0.29, 0.717) is 16.6 Å².